The first kappa shape index (κ1) is 14.1. The molecule has 1 unspecified atom stereocenters. The van der Waals surface area contributed by atoms with Gasteiger partial charge in [-0.1, -0.05) is 17.7 Å². The average Bonchev–Trinajstić information content (AvgIpc) is 2.83. The van der Waals surface area contributed by atoms with Crippen LogP contribution in [0.15, 0.2) is 40.2 Å². The van der Waals surface area contributed by atoms with Crippen LogP contribution in [0.1, 0.15) is 16.5 Å². The van der Waals surface area contributed by atoms with Gasteiger partial charge in [0.2, 0.25) is 0 Å². The van der Waals surface area contributed by atoms with Crippen molar-refractivity contribution in [1.82, 2.24) is 0 Å². The van der Waals surface area contributed by atoms with Gasteiger partial charge in [-0.25, -0.2) is 4.79 Å². The summed E-state index contributed by atoms with van der Waals surface area (Å²) in [6.07, 6.45) is 0. The fourth-order valence-corrected chi connectivity index (χ4v) is 3.13. The highest BCUT2D eigenvalue weighted by atomic mass is 79.9. The number of ether oxygens (including phenoxy) is 1. The van der Waals surface area contributed by atoms with Crippen molar-refractivity contribution >= 4 is 38.9 Å². The summed E-state index contributed by atoms with van der Waals surface area (Å²) in [6, 6.07) is 11.3. The highest BCUT2D eigenvalue weighted by Crippen LogP contribution is 2.30. The molecule has 100 valence electrons. The molecular weight excluding hydrogens is 326 g/mol. The number of benzene rings is 1. The lowest BCUT2D eigenvalue weighted by atomic mass is 10.2. The molecule has 2 rings (SSSR count). The van der Waals surface area contributed by atoms with E-state index in [1.165, 1.54) is 24.0 Å². The molecule has 5 heteroatoms. The van der Waals surface area contributed by atoms with E-state index >= 15 is 0 Å². The highest BCUT2D eigenvalue weighted by molar-refractivity contribution is 9.11. The highest BCUT2D eigenvalue weighted by Gasteiger charge is 2.22. The van der Waals surface area contributed by atoms with Crippen LogP contribution in [0.2, 0.25) is 0 Å². The first-order valence-electron chi connectivity index (χ1n) is 5.76. The maximum Gasteiger partial charge on any atom is 0.333 e. The molecule has 0 spiro atoms. The second-order valence-corrected chi connectivity index (χ2v) is 6.60. The molecule has 3 nitrogen and oxygen atoms in total. The number of anilines is 1. The van der Waals surface area contributed by atoms with Gasteiger partial charge in [0.05, 0.1) is 10.9 Å². The first-order chi connectivity index (χ1) is 9.10. The predicted octanol–water partition coefficient (Wildman–Crippen LogP) is 4.15. The number of esters is 1. The van der Waals surface area contributed by atoms with Crippen LogP contribution in [0.25, 0.3) is 0 Å². The van der Waals surface area contributed by atoms with Crippen LogP contribution in [0.3, 0.4) is 0 Å². The number of methoxy groups -OCH3 is 1. The minimum Gasteiger partial charge on any atom is -0.467 e. The molecular formula is C14H14BrNO2S. The molecule has 0 bridgehead atoms. The molecule has 1 aromatic heterocycles. The Morgan fingerprint density at radius 3 is 2.47 bits per heavy atom. The number of nitrogens with one attached hydrogen (secondary N) is 1. The van der Waals surface area contributed by atoms with Gasteiger partial charge >= 0.3 is 5.97 Å². The van der Waals surface area contributed by atoms with Gasteiger partial charge in [-0.05, 0) is 47.1 Å². The predicted molar refractivity (Wildman–Crippen MR) is 81.6 cm³/mol. The summed E-state index contributed by atoms with van der Waals surface area (Å²) >= 11 is 4.92. The molecule has 1 heterocycles. The number of rotatable bonds is 4. The molecule has 2 aromatic rings. The molecule has 0 radical (unpaired) electrons. The number of hydrogen-bond acceptors (Lipinski definition) is 4. The smallest absolute Gasteiger partial charge is 0.333 e. The fourth-order valence-electron chi connectivity index (χ4n) is 1.66. The number of thiophene rings is 1. The quantitative estimate of drug-likeness (QED) is 0.850. The van der Waals surface area contributed by atoms with E-state index in [4.69, 9.17) is 4.74 Å². The van der Waals surface area contributed by atoms with Gasteiger partial charge in [-0.2, -0.15) is 0 Å². The normalized spacial score (nSPS) is 11.9. The van der Waals surface area contributed by atoms with E-state index in [0.29, 0.717) is 0 Å². The van der Waals surface area contributed by atoms with E-state index < -0.39 is 6.04 Å². The number of aryl methyl sites for hydroxylation is 1. The van der Waals surface area contributed by atoms with Crippen molar-refractivity contribution in [3.63, 3.8) is 0 Å². The Kier molecular flexibility index (Phi) is 4.61. The topological polar surface area (TPSA) is 38.3 Å². The van der Waals surface area contributed by atoms with Gasteiger partial charge in [0.15, 0.2) is 6.04 Å². The largest absolute Gasteiger partial charge is 0.467 e. The van der Waals surface area contributed by atoms with E-state index in [1.807, 2.05) is 43.3 Å². The molecule has 19 heavy (non-hydrogen) atoms. The minimum absolute atomic E-state index is 0.296. The van der Waals surface area contributed by atoms with Gasteiger partial charge in [0, 0.05) is 10.6 Å². The van der Waals surface area contributed by atoms with Crippen molar-refractivity contribution in [2.24, 2.45) is 0 Å². The number of carbonyl (C=O) groups is 1. The van der Waals surface area contributed by atoms with Crippen molar-refractivity contribution in [3.05, 3.63) is 50.6 Å². The zero-order valence-electron chi connectivity index (χ0n) is 10.6. The van der Waals surface area contributed by atoms with Crippen molar-refractivity contribution in [2.45, 2.75) is 13.0 Å². The Morgan fingerprint density at radius 1 is 1.26 bits per heavy atom. The van der Waals surface area contributed by atoms with Gasteiger partial charge < -0.3 is 10.1 Å². The summed E-state index contributed by atoms with van der Waals surface area (Å²) in [5.41, 5.74) is 2.07. The van der Waals surface area contributed by atoms with Crippen LogP contribution in [-0.4, -0.2) is 13.1 Å². The Labute approximate surface area is 124 Å². The monoisotopic (exact) mass is 339 g/mol. The first-order valence-corrected chi connectivity index (χ1v) is 7.37. The Balaban J connectivity index is 2.23. The van der Waals surface area contributed by atoms with E-state index in [-0.39, 0.29) is 5.97 Å². The van der Waals surface area contributed by atoms with Crippen LogP contribution < -0.4 is 5.32 Å². The molecule has 0 saturated heterocycles. The maximum atomic E-state index is 11.9. The maximum absolute atomic E-state index is 11.9. The summed E-state index contributed by atoms with van der Waals surface area (Å²) in [7, 11) is 1.40. The molecule has 0 aliphatic rings. The summed E-state index contributed by atoms with van der Waals surface area (Å²) in [5.74, 6) is -0.296. The van der Waals surface area contributed by atoms with E-state index in [2.05, 4.69) is 21.2 Å². The van der Waals surface area contributed by atoms with E-state index in [0.717, 1.165) is 14.4 Å². The average molecular weight is 340 g/mol. The summed E-state index contributed by atoms with van der Waals surface area (Å²) < 4.78 is 5.85. The Bertz CT molecular complexity index is 565. The van der Waals surface area contributed by atoms with Crippen LogP contribution in [-0.2, 0) is 9.53 Å². The third-order valence-corrected chi connectivity index (χ3v) is 4.37. The molecule has 0 amide bonds. The summed E-state index contributed by atoms with van der Waals surface area (Å²) in [4.78, 5) is 12.8. The number of carbonyl (C=O) groups excluding carboxylic acids is 1. The Hall–Kier alpha value is -1.33. The minimum atomic E-state index is -0.482. The lowest BCUT2D eigenvalue weighted by molar-refractivity contribution is -0.141. The lowest BCUT2D eigenvalue weighted by Gasteiger charge is -2.16. The summed E-state index contributed by atoms with van der Waals surface area (Å²) in [5, 5.41) is 3.20. The standard InChI is InChI=1S/C14H14BrNO2S/c1-9-3-5-10(6-4-9)16-13(14(17)18-2)11-7-8-12(15)19-11/h3-8,13,16H,1-2H3. The van der Waals surface area contributed by atoms with Crippen LogP contribution >= 0.6 is 27.3 Å². The molecule has 1 atom stereocenters. The third kappa shape index (κ3) is 3.58. The molecule has 0 aliphatic heterocycles. The molecule has 0 saturated carbocycles. The van der Waals surface area contributed by atoms with Gasteiger partial charge in [-0.3, -0.25) is 0 Å². The molecule has 0 aliphatic carbocycles. The van der Waals surface area contributed by atoms with Crippen LogP contribution in [0, 0.1) is 6.92 Å². The summed E-state index contributed by atoms with van der Waals surface area (Å²) in [6.45, 7) is 2.03. The van der Waals surface area contributed by atoms with Gasteiger partial charge in [-0.15, -0.1) is 11.3 Å². The second kappa shape index (κ2) is 6.21. The van der Waals surface area contributed by atoms with Crippen molar-refractivity contribution in [1.29, 1.82) is 0 Å². The van der Waals surface area contributed by atoms with E-state index in [9.17, 15) is 4.79 Å². The molecule has 1 N–H and O–H groups in total. The zero-order valence-corrected chi connectivity index (χ0v) is 13.0. The fraction of sp³-hybridized carbons (Fsp3) is 0.214. The third-order valence-electron chi connectivity index (χ3n) is 2.68. The molecule has 1 aromatic carbocycles. The van der Waals surface area contributed by atoms with Crippen LogP contribution in [0.5, 0.6) is 0 Å². The molecule has 0 fully saturated rings. The van der Waals surface area contributed by atoms with E-state index in [1.54, 1.807) is 0 Å². The SMILES string of the molecule is COC(=O)C(Nc1ccc(C)cc1)c1ccc(Br)s1. The van der Waals surface area contributed by atoms with Gasteiger partial charge in [0.25, 0.3) is 0 Å². The second-order valence-electron chi connectivity index (χ2n) is 4.11. The number of halogens is 1. The Morgan fingerprint density at radius 2 is 1.95 bits per heavy atom. The van der Waals surface area contributed by atoms with Gasteiger partial charge in [0.1, 0.15) is 0 Å². The van der Waals surface area contributed by atoms with Crippen LogP contribution in [0.4, 0.5) is 5.69 Å². The lowest BCUT2D eigenvalue weighted by Crippen LogP contribution is -2.21. The number of hydrogen-bond donors (Lipinski definition) is 1. The zero-order chi connectivity index (χ0) is 13.8. The van der Waals surface area contributed by atoms with Crippen molar-refractivity contribution < 1.29 is 9.53 Å². The van der Waals surface area contributed by atoms with Crippen molar-refractivity contribution in [2.75, 3.05) is 12.4 Å². The van der Waals surface area contributed by atoms with Crippen molar-refractivity contribution in [3.8, 4) is 0 Å².